The summed E-state index contributed by atoms with van der Waals surface area (Å²) in [4.78, 5) is 22.3. The van der Waals surface area contributed by atoms with Crippen LogP contribution in [-0.2, 0) is 9.53 Å². The number of aromatic nitrogens is 1. The van der Waals surface area contributed by atoms with Gasteiger partial charge in [-0.2, -0.15) is 4.57 Å². The summed E-state index contributed by atoms with van der Waals surface area (Å²) in [6, 6.07) is 3.12. The number of aliphatic carboxylic acids is 1. The van der Waals surface area contributed by atoms with Gasteiger partial charge in [0.2, 0.25) is 0 Å². The third-order valence-electron chi connectivity index (χ3n) is 4.64. The van der Waals surface area contributed by atoms with Gasteiger partial charge in [0.15, 0.2) is 24.6 Å². The molecule has 3 rings (SSSR count). The topological polar surface area (TPSA) is 144 Å². The first kappa shape index (κ1) is 18.4. The normalized spacial score (nSPS) is 34.5. The number of pyridine rings is 1. The van der Waals surface area contributed by atoms with E-state index in [1.165, 1.54) is 15.8 Å². The number of carbonyl (C=O) groups is 1. The van der Waals surface area contributed by atoms with E-state index in [0.29, 0.717) is 18.5 Å². The molecule has 6 atom stereocenters. The fraction of sp³-hybridized carbons (Fsp3) is 0.500. The Labute approximate surface area is 148 Å². The highest BCUT2D eigenvalue weighted by molar-refractivity contribution is 5.73. The maximum atomic E-state index is 11.2. The first-order chi connectivity index (χ1) is 12.4. The van der Waals surface area contributed by atoms with Crippen LogP contribution in [0.1, 0.15) is 24.3 Å². The molecule has 4 N–H and O–H groups in total. The van der Waals surface area contributed by atoms with E-state index < -0.39 is 36.6 Å². The predicted molar refractivity (Wildman–Crippen MR) is 85.2 cm³/mol. The Bertz CT molecular complexity index is 713. The summed E-state index contributed by atoms with van der Waals surface area (Å²) in [5.74, 6) is -1.45. The summed E-state index contributed by atoms with van der Waals surface area (Å²) < 4.78 is 6.72. The number of nitroso groups, excluding NO2 is 1. The number of hydrogen-bond donors (Lipinski definition) is 4. The SMILES string of the molecule is O=NN1CC=CC[C@@H]1c1ccc[n+]([C@@H]2O[C@H](C(=O)O)[C@@H](O)[C@H](O)[C@H]2O)c1. The van der Waals surface area contributed by atoms with Crippen molar-refractivity contribution in [2.24, 2.45) is 5.29 Å². The third-order valence-corrected chi connectivity index (χ3v) is 4.64. The van der Waals surface area contributed by atoms with E-state index in [1.807, 2.05) is 12.2 Å². The van der Waals surface area contributed by atoms with Crippen LogP contribution in [0.5, 0.6) is 0 Å². The molecule has 2 aliphatic rings. The molecule has 0 aromatic carbocycles. The lowest BCUT2D eigenvalue weighted by molar-refractivity contribution is -0.777. The van der Waals surface area contributed by atoms with Crippen molar-refractivity contribution < 1.29 is 34.5 Å². The van der Waals surface area contributed by atoms with E-state index in [9.17, 15) is 25.0 Å². The number of carboxylic acid groups (broad SMARTS) is 1. The smallest absolute Gasteiger partial charge is 0.335 e. The minimum Gasteiger partial charge on any atom is -0.479 e. The lowest BCUT2D eigenvalue weighted by Crippen LogP contribution is -2.63. The van der Waals surface area contributed by atoms with Crippen molar-refractivity contribution in [3.8, 4) is 0 Å². The number of aliphatic hydroxyl groups excluding tert-OH is 3. The van der Waals surface area contributed by atoms with E-state index >= 15 is 0 Å². The molecule has 10 nitrogen and oxygen atoms in total. The molecule has 3 heterocycles. The molecule has 0 saturated carbocycles. The molecule has 0 amide bonds. The fourth-order valence-electron chi connectivity index (χ4n) is 3.23. The molecule has 1 saturated heterocycles. The Morgan fingerprint density at radius 1 is 1.23 bits per heavy atom. The molecule has 140 valence electrons. The monoisotopic (exact) mass is 366 g/mol. The van der Waals surface area contributed by atoms with E-state index in [2.05, 4.69) is 5.29 Å². The number of hydrogen-bond acceptors (Lipinski definition) is 7. The van der Waals surface area contributed by atoms with E-state index in [1.54, 1.807) is 18.3 Å². The molecule has 0 unspecified atom stereocenters. The van der Waals surface area contributed by atoms with Gasteiger partial charge >= 0.3 is 5.97 Å². The van der Waals surface area contributed by atoms with Crippen LogP contribution in [0.2, 0.25) is 0 Å². The van der Waals surface area contributed by atoms with Crippen molar-refractivity contribution in [1.82, 2.24) is 5.01 Å². The molecule has 0 aliphatic carbocycles. The molecule has 0 bridgehead atoms. The summed E-state index contributed by atoms with van der Waals surface area (Å²) in [6.07, 6.45) is -0.411. The molecule has 10 heteroatoms. The third kappa shape index (κ3) is 3.31. The number of nitrogens with zero attached hydrogens (tertiary/aromatic N) is 3. The van der Waals surface area contributed by atoms with E-state index in [0.717, 1.165) is 0 Å². The highest BCUT2D eigenvalue weighted by Gasteiger charge is 2.51. The largest absolute Gasteiger partial charge is 0.479 e. The van der Waals surface area contributed by atoms with Gasteiger partial charge in [-0.3, -0.25) is 0 Å². The van der Waals surface area contributed by atoms with Gasteiger partial charge in [0.05, 0.1) is 17.9 Å². The van der Waals surface area contributed by atoms with E-state index in [4.69, 9.17) is 9.84 Å². The van der Waals surface area contributed by atoms with Crippen LogP contribution in [0.3, 0.4) is 0 Å². The second-order valence-corrected chi connectivity index (χ2v) is 6.27. The van der Waals surface area contributed by atoms with Crippen LogP contribution in [0, 0.1) is 4.91 Å². The highest BCUT2D eigenvalue weighted by Crippen LogP contribution is 2.29. The second-order valence-electron chi connectivity index (χ2n) is 6.27. The van der Waals surface area contributed by atoms with E-state index in [-0.39, 0.29) is 6.04 Å². The fourth-order valence-corrected chi connectivity index (χ4v) is 3.23. The Kier molecular flexibility index (Phi) is 5.28. The van der Waals surface area contributed by atoms with Gasteiger partial charge in [-0.15, -0.1) is 4.91 Å². The summed E-state index contributed by atoms with van der Waals surface area (Å²) in [5.41, 5.74) is 0.708. The Balaban J connectivity index is 1.90. The Morgan fingerprint density at radius 2 is 2.00 bits per heavy atom. The number of rotatable bonds is 4. The first-order valence-electron chi connectivity index (χ1n) is 8.12. The van der Waals surface area contributed by atoms with Crippen molar-refractivity contribution in [1.29, 1.82) is 0 Å². The van der Waals surface area contributed by atoms with Crippen molar-refractivity contribution in [2.75, 3.05) is 6.54 Å². The van der Waals surface area contributed by atoms with Gasteiger partial charge in [0.1, 0.15) is 12.2 Å². The van der Waals surface area contributed by atoms with Crippen LogP contribution in [0.25, 0.3) is 0 Å². The molecule has 1 fully saturated rings. The van der Waals surface area contributed by atoms with Crippen molar-refractivity contribution in [3.63, 3.8) is 0 Å². The first-order valence-corrected chi connectivity index (χ1v) is 8.12. The van der Waals surface area contributed by atoms with Gasteiger partial charge < -0.3 is 25.2 Å². The van der Waals surface area contributed by atoms with Crippen molar-refractivity contribution in [3.05, 3.63) is 47.1 Å². The number of ether oxygens (including phenoxy) is 1. The van der Waals surface area contributed by atoms with Crippen LogP contribution < -0.4 is 4.57 Å². The molecule has 0 radical (unpaired) electrons. The van der Waals surface area contributed by atoms with Crippen molar-refractivity contribution >= 4 is 5.97 Å². The Hall–Kier alpha value is -2.40. The summed E-state index contributed by atoms with van der Waals surface area (Å²) in [6.45, 7) is 0.373. The zero-order chi connectivity index (χ0) is 18.8. The van der Waals surface area contributed by atoms with Gasteiger partial charge in [-0.1, -0.05) is 12.2 Å². The quantitative estimate of drug-likeness (QED) is 0.302. The minimum absolute atomic E-state index is 0.309. The maximum Gasteiger partial charge on any atom is 0.335 e. The van der Waals surface area contributed by atoms with Gasteiger partial charge in [-0.25, -0.2) is 9.80 Å². The molecular weight excluding hydrogens is 346 g/mol. The van der Waals surface area contributed by atoms with Gasteiger partial charge in [0.25, 0.3) is 6.23 Å². The van der Waals surface area contributed by atoms with Crippen LogP contribution in [-0.4, -0.2) is 62.4 Å². The summed E-state index contributed by atoms with van der Waals surface area (Å²) in [5, 5.41) is 43.5. The van der Waals surface area contributed by atoms with Crippen LogP contribution >= 0.6 is 0 Å². The lowest BCUT2D eigenvalue weighted by atomic mass is 9.97. The van der Waals surface area contributed by atoms with Crippen LogP contribution in [0.15, 0.2) is 42.0 Å². The van der Waals surface area contributed by atoms with Gasteiger partial charge in [0, 0.05) is 11.6 Å². The summed E-state index contributed by atoms with van der Waals surface area (Å²) in [7, 11) is 0. The average Bonchev–Trinajstić information content (AvgIpc) is 2.66. The number of carboxylic acids is 1. The zero-order valence-corrected chi connectivity index (χ0v) is 13.7. The van der Waals surface area contributed by atoms with Gasteiger partial charge in [-0.05, 0) is 12.5 Å². The minimum atomic E-state index is -1.75. The average molecular weight is 366 g/mol. The molecule has 26 heavy (non-hydrogen) atoms. The summed E-state index contributed by atoms with van der Waals surface area (Å²) >= 11 is 0. The lowest BCUT2D eigenvalue weighted by Gasteiger charge is -2.35. The molecular formula is C16H20N3O7+. The molecule has 2 aliphatic heterocycles. The Morgan fingerprint density at radius 3 is 2.69 bits per heavy atom. The standard InChI is InChI=1S/C16H19N3O7/c20-11-12(21)14(16(23)24)26-15(13(11)22)18-6-3-4-9(8-18)10-5-1-2-7-19(10)17-25/h1-4,6,8,10-15,20-22H,5,7H2/p+1/t10-,11+,12+,13-,14+,15-/m1/s1. The highest BCUT2D eigenvalue weighted by atomic mass is 16.6. The second kappa shape index (κ2) is 7.46. The number of aliphatic hydroxyl groups is 3. The zero-order valence-electron chi connectivity index (χ0n) is 13.7. The predicted octanol–water partition coefficient (Wildman–Crippen LogP) is -0.977. The maximum absolute atomic E-state index is 11.2. The molecule has 1 aromatic heterocycles. The van der Waals surface area contributed by atoms with Crippen LogP contribution in [0.4, 0.5) is 0 Å². The van der Waals surface area contributed by atoms with Crippen molar-refractivity contribution in [2.45, 2.75) is 43.1 Å². The molecule has 1 aromatic rings. The molecule has 0 spiro atoms.